The number of urea groups is 1. The second-order valence-corrected chi connectivity index (χ2v) is 8.92. The van der Waals surface area contributed by atoms with Crippen LogP contribution in [0.3, 0.4) is 0 Å². The van der Waals surface area contributed by atoms with Gasteiger partial charge >= 0.3 is 6.03 Å². The summed E-state index contributed by atoms with van der Waals surface area (Å²) in [5.41, 5.74) is 3.86. The van der Waals surface area contributed by atoms with Crippen LogP contribution in [-0.4, -0.2) is 57.8 Å². The minimum Gasteiger partial charge on any atom is -0.378 e. The Morgan fingerprint density at radius 1 is 1.07 bits per heavy atom. The molecule has 0 aromatic heterocycles. The Balaban J connectivity index is 1.89. The molecular formula is C20H24N4O5S. The number of carbonyl (C=O) groups excluding carboxylic acids is 2. The number of ether oxygens (including phenoxy) is 1. The zero-order valence-corrected chi connectivity index (χ0v) is 17.4. The molecule has 0 radical (unpaired) electrons. The third-order valence-electron chi connectivity index (χ3n) is 4.78. The highest BCUT2D eigenvalue weighted by atomic mass is 32.2. The number of morpholine rings is 1. The van der Waals surface area contributed by atoms with Crippen LogP contribution in [0.5, 0.6) is 0 Å². The zero-order chi connectivity index (χ0) is 21.7. The molecule has 0 bridgehead atoms. The number of hydrogen-bond acceptors (Lipinski definition) is 6. The summed E-state index contributed by atoms with van der Waals surface area (Å²) >= 11 is 0. The third-order valence-corrected chi connectivity index (χ3v) is 5.91. The molecule has 10 heteroatoms. The molecule has 160 valence electrons. The number of amides is 3. The van der Waals surface area contributed by atoms with Crippen molar-refractivity contribution in [2.24, 2.45) is 5.84 Å². The molecule has 1 aliphatic rings. The monoisotopic (exact) mass is 432 g/mol. The van der Waals surface area contributed by atoms with Crippen molar-refractivity contribution in [2.75, 3.05) is 37.5 Å². The van der Waals surface area contributed by atoms with Crippen molar-refractivity contribution in [3.05, 3.63) is 59.7 Å². The first kappa shape index (κ1) is 21.8. The highest BCUT2D eigenvalue weighted by Crippen LogP contribution is 2.22. The van der Waals surface area contributed by atoms with E-state index in [1.807, 2.05) is 0 Å². The summed E-state index contributed by atoms with van der Waals surface area (Å²) in [5, 5.41) is 0. The van der Waals surface area contributed by atoms with Crippen LogP contribution in [0.25, 0.3) is 0 Å². The van der Waals surface area contributed by atoms with Crippen LogP contribution in [0.1, 0.15) is 15.9 Å². The van der Waals surface area contributed by atoms with Gasteiger partial charge in [-0.05, 0) is 42.0 Å². The standard InChI is InChI=1S/C20H24N4O5S/c1-30(27,28)18-8-6-17(7-9-18)24(20(26)23-10-12-29-13-11-23)14-15-2-4-16(5-3-15)19(25)22-21/h2-9H,10-14,21H2,1H3,(H,22,25). The predicted octanol–water partition coefficient (Wildman–Crippen LogP) is 1.15. The molecule has 30 heavy (non-hydrogen) atoms. The van der Waals surface area contributed by atoms with Crippen molar-refractivity contribution in [3.63, 3.8) is 0 Å². The molecule has 0 aliphatic carbocycles. The summed E-state index contributed by atoms with van der Waals surface area (Å²) < 4.78 is 28.8. The van der Waals surface area contributed by atoms with Gasteiger partial charge in [0.05, 0.1) is 24.7 Å². The molecule has 0 spiro atoms. The molecule has 3 amide bonds. The van der Waals surface area contributed by atoms with E-state index in [1.54, 1.807) is 46.2 Å². The third kappa shape index (κ3) is 5.15. The van der Waals surface area contributed by atoms with Gasteiger partial charge in [-0.15, -0.1) is 0 Å². The Hall–Kier alpha value is -2.95. The highest BCUT2D eigenvalue weighted by Gasteiger charge is 2.25. The molecule has 2 aromatic rings. The maximum absolute atomic E-state index is 13.2. The molecule has 1 fully saturated rings. The Morgan fingerprint density at radius 3 is 2.20 bits per heavy atom. The van der Waals surface area contributed by atoms with Crippen LogP contribution in [0.15, 0.2) is 53.4 Å². The number of anilines is 1. The number of nitrogens with zero attached hydrogens (tertiary/aromatic N) is 2. The van der Waals surface area contributed by atoms with Crippen LogP contribution >= 0.6 is 0 Å². The summed E-state index contributed by atoms with van der Waals surface area (Å²) in [6.45, 7) is 2.14. The summed E-state index contributed by atoms with van der Waals surface area (Å²) in [5.74, 6) is 4.75. The largest absolute Gasteiger partial charge is 0.378 e. The number of nitrogens with two attached hydrogens (primary N) is 1. The van der Waals surface area contributed by atoms with Crippen molar-refractivity contribution in [2.45, 2.75) is 11.4 Å². The van der Waals surface area contributed by atoms with Crippen LogP contribution in [-0.2, 0) is 21.1 Å². The molecule has 1 aliphatic heterocycles. The fourth-order valence-electron chi connectivity index (χ4n) is 3.10. The molecule has 2 aromatic carbocycles. The van der Waals surface area contributed by atoms with E-state index in [-0.39, 0.29) is 17.5 Å². The average Bonchev–Trinajstić information content (AvgIpc) is 2.77. The summed E-state index contributed by atoms with van der Waals surface area (Å²) in [6.07, 6.45) is 1.14. The van der Waals surface area contributed by atoms with Gasteiger partial charge in [0.25, 0.3) is 5.91 Å². The minimum atomic E-state index is -3.34. The van der Waals surface area contributed by atoms with Gasteiger partial charge in [-0.1, -0.05) is 12.1 Å². The quantitative estimate of drug-likeness (QED) is 0.415. The van der Waals surface area contributed by atoms with E-state index >= 15 is 0 Å². The van der Waals surface area contributed by atoms with Gasteiger partial charge in [-0.3, -0.25) is 15.1 Å². The fourth-order valence-corrected chi connectivity index (χ4v) is 3.73. The summed E-state index contributed by atoms with van der Waals surface area (Å²) in [6, 6.07) is 12.7. The zero-order valence-electron chi connectivity index (χ0n) is 16.6. The first-order valence-electron chi connectivity index (χ1n) is 9.34. The van der Waals surface area contributed by atoms with E-state index in [9.17, 15) is 18.0 Å². The average molecular weight is 433 g/mol. The second kappa shape index (κ2) is 9.24. The van der Waals surface area contributed by atoms with Crippen LogP contribution in [0.2, 0.25) is 0 Å². The number of nitrogen functional groups attached to an aromatic ring is 1. The van der Waals surface area contributed by atoms with E-state index in [4.69, 9.17) is 10.6 Å². The maximum Gasteiger partial charge on any atom is 0.324 e. The van der Waals surface area contributed by atoms with Gasteiger partial charge in [0, 0.05) is 30.6 Å². The fraction of sp³-hybridized carbons (Fsp3) is 0.300. The number of rotatable bonds is 5. The number of benzene rings is 2. The molecule has 3 N–H and O–H groups in total. The smallest absolute Gasteiger partial charge is 0.324 e. The van der Waals surface area contributed by atoms with E-state index in [0.717, 1.165) is 11.8 Å². The topological polar surface area (TPSA) is 122 Å². The Kier molecular flexibility index (Phi) is 6.70. The number of carbonyl (C=O) groups is 2. The normalized spacial score (nSPS) is 14.3. The lowest BCUT2D eigenvalue weighted by molar-refractivity contribution is 0.0548. The number of sulfone groups is 1. The molecule has 9 nitrogen and oxygen atoms in total. The molecule has 1 heterocycles. The Labute approximate surface area is 175 Å². The number of hydrazine groups is 1. The van der Waals surface area contributed by atoms with E-state index in [1.165, 1.54) is 12.1 Å². The maximum atomic E-state index is 13.2. The molecule has 0 unspecified atom stereocenters. The van der Waals surface area contributed by atoms with E-state index in [2.05, 4.69) is 5.43 Å². The Morgan fingerprint density at radius 2 is 1.67 bits per heavy atom. The van der Waals surface area contributed by atoms with E-state index < -0.39 is 15.7 Å². The summed E-state index contributed by atoms with van der Waals surface area (Å²) in [4.78, 5) is 28.3. The number of nitrogens with one attached hydrogen (secondary N) is 1. The van der Waals surface area contributed by atoms with Crippen LogP contribution < -0.4 is 16.2 Å². The SMILES string of the molecule is CS(=O)(=O)c1ccc(N(Cc2ccc(C(=O)NN)cc2)C(=O)N2CCOCC2)cc1. The first-order valence-corrected chi connectivity index (χ1v) is 11.2. The lowest BCUT2D eigenvalue weighted by Gasteiger charge is -2.33. The molecule has 0 atom stereocenters. The van der Waals surface area contributed by atoms with Crippen molar-refractivity contribution in [3.8, 4) is 0 Å². The van der Waals surface area contributed by atoms with Crippen LogP contribution in [0, 0.1) is 0 Å². The lowest BCUT2D eigenvalue weighted by Crippen LogP contribution is -2.48. The molecule has 3 rings (SSSR count). The van der Waals surface area contributed by atoms with Gasteiger partial charge in [0.2, 0.25) is 0 Å². The van der Waals surface area contributed by atoms with Gasteiger partial charge < -0.3 is 9.64 Å². The molecule has 0 saturated carbocycles. The van der Waals surface area contributed by atoms with Gasteiger partial charge in [-0.2, -0.15) is 0 Å². The van der Waals surface area contributed by atoms with Crippen LogP contribution in [0.4, 0.5) is 10.5 Å². The lowest BCUT2D eigenvalue weighted by atomic mass is 10.1. The summed E-state index contributed by atoms with van der Waals surface area (Å²) in [7, 11) is -3.34. The van der Waals surface area contributed by atoms with Gasteiger partial charge in [0.15, 0.2) is 9.84 Å². The van der Waals surface area contributed by atoms with E-state index in [0.29, 0.717) is 37.6 Å². The second-order valence-electron chi connectivity index (χ2n) is 6.90. The highest BCUT2D eigenvalue weighted by molar-refractivity contribution is 7.90. The van der Waals surface area contributed by atoms with Crippen molar-refractivity contribution < 1.29 is 22.7 Å². The minimum absolute atomic E-state index is 0.183. The van der Waals surface area contributed by atoms with Crippen molar-refractivity contribution in [1.29, 1.82) is 0 Å². The number of hydrogen-bond donors (Lipinski definition) is 2. The van der Waals surface area contributed by atoms with Crippen molar-refractivity contribution in [1.82, 2.24) is 10.3 Å². The first-order chi connectivity index (χ1) is 14.3. The Bertz CT molecular complexity index is 1000. The molecular weight excluding hydrogens is 408 g/mol. The van der Waals surface area contributed by atoms with Gasteiger partial charge in [0.1, 0.15) is 0 Å². The van der Waals surface area contributed by atoms with Gasteiger partial charge in [-0.25, -0.2) is 19.1 Å². The predicted molar refractivity (Wildman–Crippen MR) is 112 cm³/mol. The van der Waals surface area contributed by atoms with Crippen molar-refractivity contribution >= 4 is 27.5 Å². The molecule has 1 saturated heterocycles.